The predicted octanol–water partition coefficient (Wildman–Crippen LogP) is 2.38. The Morgan fingerprint density at radius 3 is 2.65 bits per heavy atom. The second-order valence-electron chi connectivity index (χ2n) is 3.95. The lowest BCUT2D eigenvalue weighted by atomic mass is 10.1. The molecule has 90 valence electrons. The number of hydrogen-bond donors (Lipinski definition) is 0. The number of halogens is 3. The average molecular weight is 241 g/mol. The lowest BCUT2D eigenvalue weighted by molar-refractivity contribution is -0.671. The van der Waals surface area contributed by atoms with Crippen LogP contribution >= 0.6 is 0 Å². The number of benzene rings is 1. The van der Waals surface area contributed by atoms with E-state index in [0.29, 0.717) is 12.1 Å². The van der Waals surface area contributed by atoms with Crippen molar-refractivity contribution in [3.8, 4) is 0 Å². The zero-order valence-corrected chi connectivity index (χ0v) is 9.28. The molecule has 0 saturated heterocycles. The second kappa shape index (κ2) is 4.24. The summed E-state index contributed by atoms with van der Waals surface area (Å²) in [6.07, 6.45) is 1.20. The molecule has 2 aromatic rings. The van der Waals surface area contributed by atoms with Gasteiger partial charge in [-0.3, -0.25) is 0 Å². The van der Waals surface area contributed by atoms with E-state index in [1.807, 2.05) is 34.9 Å². The molecule has 0 aliphatic heterocycles. The van der Waals surface area contributed by atoms with Crippen LogP contribution in [-0.4, -0.2) is 4.57 Å². The van der Waals surface area contributed by atoms with E-state index in [0.717, 1.165) is 6.07 Å². The van der Waals surface area contributed by atoms with E-state index in [1.54, 1.807) is 6.07 Å². The molecule has 2 nitrogen and oxygen atoms in total. The van der Waals surface area contributed by atoms with Crippen molar-refractivity contribution in [3.63, 3.8) is 0 Å². The summed E-state index contributed by atoms with van der Waals surface area (Å²) >= 11 is 0. The van der Waals surface area contributed by atoms with Gasteiger partial charge >= 0.3 is 6.18 Å². The molecule has 0 aliphatic rings. The zero-order valence-electron chi connectivity index (χ0n) is 9.28. The maximum Gasteiger partial charge on any atom is 0.416 e. The van der Waals surface area contributed by atoms with Crippen LogP contribution in [0.25, 0.3) is 0 Å². The number of hydrogen-bond acceptors (Lipinski definition) is 0. The Morgan fingerprint density at radius 1 is 1.29 bits per heavy atom. The van der Waals surface area contributed by atoms with Gasteiger partial charge in [-0.2, -0.15) is 13.2 Å². The SMILES string of the molecule is C[n+]1ccn(Cc2cccc(C(F)(F)F)c2)c1. The third kappa shape index (κ3) is 2.87. The molecule has 2 rings (SSSR count). The average Bonchev–Trinajstić information content (AvgIpc) is 2.63. The minimum atomic E-state index is -4.28. The molecule has 0 aliphatic carbocycles. The van der Waals surface area contributed by atoms with E-state index in [2.05, 4.69) is 0 Å². The number of aromatic nitrogens is 2. The third-order valence-electron chi connectivity index (χ3n) is 2.44. The van der Waals surface area contributed by atoms with Crippen molar-refractivity contribution in [3.05, 3.63) is 54.1 Å². The van der Waals surface area contributed by atoms with Crippen LogP contribution in [0.2, 0.25) is 0 Å². The highest BCUT2D eigenvalue weighted by Crippen LogP contribution is 2.29. The Kier molecular flexibility index (Phi) is 2.92. The van der Waals surface area contributed by atoms with Gasteiger partial charge in [0.25, 0.3) is 0 Å². The van der Waals surface area contributed by atoms with Gasteiger partial charge in [-0.15, -0.1) is 0 Å². The van der Waals surface area contributed by atoms with Crippen molar-refractivity contribution in [1.29, 1.82) is 0 Å². The number of rotatable bonds is 2. The Labute approximate surface area is 96.9 Å². The predicted molar refractivity (Wildman–Crippen MR) is 56.2 cm³/mol. The monoisotopic (exact) mass is 241 g/mol. The van der Waals surface area contributed by atoms with Gasteiger partial charge in [-0.05, 0) is 17.7 Å². The molecular formula is C12H12F3N2+. The largest absolute Gasteiger partial charge is 0.416 e. The molecule has 0 unspecified atom stereocenters. The van der Waals surface area contributed by atoms with Crippen molar-refractivity contribution in [2.24, 2.45) is 7.05 Å². The molecule has 0 spiro atoms. The van der Waals surface area contributed by atoms with E-state index in [-0.39, 0.29) is 0 Å². The van der Waals surface area contributed by atoms with Crippen LogP contribution in [0.15, 0.2) is 43.0 Å². The number of imidazole rings is 1. The summed E-state index contributed by atoms with van der Waals surface area (Å²) in [5.74, 6) is 0. The van der Waals surface area contributed by atoms with E-state index < -0.39 is 11.7 Å². The quantitative estimate of drug-likeness (QED) is 0.714. The van der Waals surface area contributed by atoms with E-state index >= 15 is 0 Å². The molecule has 1 heterocycles. The summed E-state index contributed by atoms with van der Waals surface area (Å²) in [5.41, 5.74) is 0.0301. The maximum atomic E-state index is 12.5. The smallest absolute Gasteiger partial charge is 0.240 e. The maximum absolute atomic E-state index is 12.5. The van der Waals surface area contributed by atoms with Gasteiger partial charge in [0, 0.05) is 0 Å². The van der Waals surface area contributed by atoms with Gasteiger partial charge in [-0.1, -0.05) is 12.1 Å². The van der Waals surface area contributed by atoms with Crippen LogP contribution in [0.3, 0.4) is 0 Å². The summed E-state index contributed by atoms with van der Waals surface area (Å²) in [6, 6.07) is 5.38. The molecule has 0 fully saturated rings. The van der Waals surface area contributed by atoms with Gasteiger partial charge in [-0.25, -0.2) is 9.13 Å². The van der Waals surface area contributed by atoms with Crippen molar-refractivity contribution < 1.29 is 17.7 Å². The van der Waals surface area contributed by atoms with Gasteiger partial charge in [0.2, 0.25) is 6.33 Å². The molecule has 1 aromatic carbocycles. The number of aryl methyl sites for hydroxylation is 1. The molecule has 0 radical (unpaired) electrons. The van der Waals surface area contributed by atoms with Crippen LogP contribution < -0.4 is 4.57 Å². The highest BCUT2D eigenvalue weighted by atomic mass is 19.4. The fraction of sp³-hybridized carbons (Fsp3) is 0.250. The summed E-state index contributed by atoms with van der Waals surface area (Å²) in [4.78, 5) is 0. The third-order valence-corrected chi connectivity index (χ3v) is 2.44. The second-order valence-corrected chi connectivity index (χ2v) is 3.95. The van der Waals surface area contributed by atoms with Crippen molar-refractivity contribution in [1.82, 2.24) is 4.57 Å². The molecule has 0 bridgehead atoms. The summed E-state index contributed by atoms with van der Waals surface area (Å²) < 4.78 is 41.2. The first kappa shape index (κ1) is 11.7. The molecule has 17 heavy (non-hydrogen) atoms. The molecule has 0 saturated carbocycles. The molecule has 1 aromatic heterocycles. The first-order chi connectivity index (χ1) is 7.95. The van der Waals surface area contributed by atoms with Crippen LogP contribution in [0.1, 0.15) is 11.1 Å². The Bertz CT molecular complexity index is 514. The minimum absolute atomic E-state index is 0.435. The summed E-state index contributed by atoms with van der Waals surface area (Å²) in [7, 11) is 1.86. The topological polar surface area (TPSA) is 8.81 Å². The Hall–Kier alpha value is -1.78. The fourth-order valence-electron chi connectivity index (χ4n) is 1.65. The van der Waals surface area contributed by atoms with Gasteiger partial charge in [0.1, 0.15) is 18.9 Å². The number of nitrogens with zero attached hydrogens (tertiary/aromatic N) is 2. The molecule has 0 atom stereocenters. The summed E-state index contributed by atoms with van der Waals surface area (Å²) in [5, 5.41) is 0. The normalized spacial score (nSPS) is 11.8. The fourth-order valence-corrected chi connectivity index (χ4v) is 1.65. The van der Waals surface area contributed by atoms with Crippen LogP contribution in [-0.2, 0) is 19.8 Å². The molecule has 0 amide bonds. The van der Waals surface area contributed by atoms with Gasteiger partial charge < -0.3 is 0 Å². The van der Waals surface area contributed by atoms with Crippen molar-refractivity contribution >= 4 is 0 Å². The van der Waals surface area contributed by atoms with Crippen LogP contribution in [0.5, 0.6) is 0 Å². The lowest BCUT2D eigenvalue weighted by Crippen LogP contribution is -2.23. The first-order valence-corrected chi connectivity index (χ1v) is 5.12. The highest BCUT2D eigenvalue weighted by molar-refractivity contribution is 5.25. The molecule has 0 N–H and O–H groups in total. The van der Waals surface area contributed by atoms with E-state index in [9.17, 15) is 13.2 Å². The molecule has 5 heteroatoms. The highest BCUT2D eigenvalue weighted by Gasteiger charge is 2.30. The minimum Gasteiger partial charge on any atom is -0.240 e. The van der Waals surface area contributed by atoms with E-state index in [1.165, 1.54) is 12.1 Å². The summed E-state index contributed by atoms with van der Waals surface area (Å²) in [6.45, 7) is 0.435. The van der Waals surface area contributed by atoms with Crippen LogP contribution in [0, 0.1) is 0 Å². The number of alkyl halides is 3. The van der Waals surface area contributed by atoms with Crippen molar-refractivity contribution in [2.75, 3.05) is 0 Å². The lowest BCUT2D eigenvalue weighted by Gasteiger charge is -2.07. The van der Waals surface area contributed by atoms with Gasteiger partial charge in [0.15, 0.2) is 0 Å². The van der Waals surface area contributed by atoms with Crippen molar-refractivity contribution in [2.45, 2.75) is 12.7 Å². The standard InChI is InChI=1S/C12H12F3N2/c1-16-5-6-17(9-16)8-10-3-2-4-11(7-10)12(13,14)15/h2-7,9H,8H2,1H3/q+1. The zero-order chi connectivity index (χ0) is 12.5. The Morgan fingerprint density at radius 2 is 2.06 bits per heavy atom. The molecular weight excluding hydrogens is 229 g/mol. The van der Waals surface area contributed by atoms with Crippen LogP contribution in [0.4, 0.5) is 13.2 Å². The van der Waals surface area contributed by atoms with E-state index in [4.69, 9.17) is 0 Å². The Balaban J connectivity index is 2.22. The van der Waals surface area contributed by atoms with Gasteiger partial charge in [0.05, 0.1) is 12.6 Å². The first-order valence-electron chi connectivity index (χ1n) is 5.12.